The Hall–Kier alpha value is -3.17. The molecule has 6 nitrogen and oxygen atoms in total. The van der Waals surface area contributed by atoms with Crippen LogP contribution < -0.4 is 5.32 Å². The van der Waals surface area contributed by atoms with Crippen molar-refractivity contribution in [2.45, 2.75) is 31.3 Å². The monoisotopic (exact) mass is 352 g/mol. The third-order valence-corrected chi connectivity index (χ3v) is 3.75. The summed E-state index contributed by atoms with van der Waals surface area (Å²) in [7, 11) is 0. The van der Waals surface area contributed by atoms with Crippen LogP contribution in [0, 0.1) is 11.8 Å². The van der Waals surface area contributed by atoms with Gasteiger partial charge in [0.25, 0.3) is 0 Å². The summed E-state index contributed by atoms with van der Waals surface area (Å²) in [6, 6.07) is 12.7. The van der Waals surface area contributed by atoms with E-state index in [1.807, 2.05) is 30.3 Å². The normalized spacial score (nSPS) is 12.5. The number of carboxylic acids is 2. The van der Waals surface area contributed by atoms with E-state index in [9.17, 15) is 19.8 Å². The maximum Gasteiger partial charge on any atom is 0.321 e. The van der Waals surface area contributed by atoms with Gasteiger partial charge in [-0.2, -0.15) is 0 Å². The van der Waals surface area contributed by atoms with Crippen molar-refractivity contribution in [2.24, 2.45) is 0 Å². The first kappa shape index (κ1) is 19.2. The minimum atomic E-state index is -1.13. The molecule has 2 aromatic rings. The van der Waals surface area contributed by atoms with Crippen molar-refractivity contribution in [3.8, 4) is 11.8 Å². The molecule has 0 aliphatic rings. The minimum Gasteiger partial charge on any atom is -0.480 e. The molecule has 0 aliphatic carbocycles. The fourth-order valence-corrected chi connectivity index (χ4v) is 2.37. The number of pyridine rings is 1. The number of carbonyl (C=O) groups is 2. The summed E-state index contributed by atoms with van der Waals surface area (Å²) in [5, 5.41) is 21.4. The smallest absolute Gasteiger partial charge is 0.321 e. The number of hydrogen-bond donors (Lipinski definition) is 3. The van der Waals surface area contributed by atoms with Gasteiger partial charge in [-0.1, -0.05) is 42.3 Å². The topological polar surface area (TPSA) is 99.5 Å². The highest BCUT2D eigenvalue weighted by Gasteiger charge is 2.25. The molecule has 26 heavy (non-hydrogen) atoms. The maximum atomic E-state index is 11.5. The number of rotatable bonds is 8. The van der Waals surface area contributed by atoms with E-state index in [2.05, 4.69) is 22.1 Å². The third kappa shape index (κ3) is 6.38. The Morgan fingerprint density at radius 3 is 2.31 bits per heavy atom. The zero-order valence-corrected chi connectivity index (χ0v) is 14.1. The second-order valence-corrected chi connectivity index (χ2v) is 5.69. The van der Waals surface area contributed by atoms with Crippen LogP contribution in [0.5, 0.6) is 0 Å². The molecule has 0 fully saturated rings. The molecule has 1 aromatic heterocycles. The lowest BCUT2D eigenvalue weighted by Crippen LogP contribution is -2.47. The van der Waals surface area contributed by atoms with Crippen LogP contribution in [0.25, 0.3) is 0 Å². The van der Waals surface area contributed by atoms with Crippen molar-refractivity contribution in [3.63, 3.8) is 0 Å². The molecule has 134 valence electrons. The van der Waals surface area contributed by atoms with Crippen LogP contribution in [-0.2, 0) is 16.0 Å². The van der Waals surface area contributed by atoms with E-state index in [0.717, 1.165) is 5.56 Å². The van der Waals surface area contributed by atoms with Gasteiger partial charge in [0, 0.05) is 12.6 Å². The van der Waals surface area contributed by atoms with Crippen molar-refractivity contribution < 1.29 is 19.8 Å². The van der Waals surface area contributed by atoms with E-state index in [-0.39, 0.29) is 12.8 Å². The largest absolute Gasteiger partial charge is 0.480 e. The van der Waals surface area contributed by atoms with Crippen molar-refractivity contribution in [1.82, 2.24) is 10.3 Å². The molecule has 2 atom stereocenters. The Balaban J connectivity index is 1.97. The Kier molecular flexibility index (Phi) is 7.34. The van der Waals surface area contributed by atoms with Gasteiger partial charge in [0.1, 0.15) is 17.8 Å². The fraction of sp³-hybridized carbons (Fsp3) is 0.250. The highest BCUT2D eigenvalue weighted by atomic mass is 16.4. The average Bonchev–Trinajstić information content (AvgIpc) is 2.65. The van der Waals surface area contributed by atoms with Gasteiger partial charge in [-0.05, 0) is 36.5 Å². The molecule has 0 spiro atoms. The van der Waals surface area contributed by atoms with Gasteiger partial charge in [-0.15, -0.1) is 0 Å². The molecule has 6 heteroatoms. The molecule has 3 N–H and O–H groups in total. The molecule has 0 saturated heterocycles. The van der Waals surface area contributed by atoms with Crippen molar-refractivity contribution in [2.75, 3.05) is 0 Å². The molecule has 0 unspecified atom stereocenters. The molecule has 0 bridgehead atoms. The number of nitrogens with zero attached hydrogens (tertiary/aromatic N) is 1. The molecule has 0 radical (unpaired) electrons. The quantitative estimate of drug-likeness (QED) is 0.628. The van der Waals surface area contributed by atoms with Crippen LogP contribution >= 0.6 is 0 Å². The number of aromatic nitrogens is 1. The standard InChI is InChI=1S/C20H20N2O4/c23-19(24)17(11-6-10-16-9-4-5-14-21-16)22-18(20(25)26)13-12-15-7-2-1-3-8-15/h1-5,7-9,14,17-18,22H,11-13H2,(H,23,24)(H,25,26)/t17-,18-/m0/s1. The predicted octanol–water partition coefficient (Wildman–Crippen LogP) is 1.95. The predicted molar refractivity (Wildman–Crippen MR) is 96.5 cm³/mol. The number of aliphatic carboxylic acids is 2. The summed E-state index contributed by atoms with van der Waals surface area (Å²) in [5.74, 6) is 3.32. The van der Waals surface area contributed by atoms with Crippen molar-refractivity contribution >= 4 is 11.9 Å². The second kappa shape index (κ2) is 9.97. The number of carboxylic acid groups (broad SMARTS) is 2. The summed E-state index contributed by atoms with van der Waals surface area (Å²) in [6.45, 7) is 0. The first-order valence-electron chi connectivity index (χ1n) is 8.21. The first-order valence-corrected chi connectivity index (χ1v) is 8.21. The van der Waals surface area contributed by atoms with Gasteiger partial charge in [-0.25, -0.2) is 4.98 Å². The van der Waals surface area contributed by atoms with E-state index in [1.54, 1.807) is 24.4 Å². The summed E-state index contributed by atoms with van der Waals surface area (Å²) in [6.07, 6.45) is 2.41. The highest BCUT2D eigenvalue weighted by molar-refractivity contribution is 5.77. The van der Waals surface area contributed by atoms with E-state index >= 15 is 0 Å². The maximum absolute atomic E-state index is 11.5. The van der Waals surface area contributed by atoms with Crippen molar-refractivity contribution in [1.29, 1.82) is 0 Å². The minimum absolute atomic E-state index is 0.0129. The Bertz CT molecular complexity index is 782. The van der Waals surface area contributed by atoms with E-state index < -0.39 is 24.0 Å². The molecule has 0 saturated carbocycles. The van der Waals surface area contributed by atoms with E-state index in [0.29, 0.717) is 12.1 Å². The van der Waals surface area contributed by atoms with Crippen molar-refractivity contribution in [3.05, 3.63) is 66.0 Å². The molecule has 2 rings (SSSR count). The number of benzene rings is 1. The Labute approximate surface area is 151 Å². The number of nitrogens with one attached hydrogen (secondary N) is 1. The zero-order chi connectivity index (χ0) is 18.8. The van der Waals surface area contributed by atoms with Crippen LogP contribution in [0.2, 0.25) is 0 Å². The first-order chi connectivity index (χ1) is 12.6. The molecule has 1 heterocycles. The lowest BCUT2D eigenvalue weighted by Gasteiger charge is -2.19. The van der Waals surface area contributed by atoms with E-state index in [4.69, 9.17) is 0 Å². The van der Waals surface area contributed by atoms with E-state index in [1.165, 1.54) is 0 Å². The van der Waals surface area contributed by atoms with Crippen LogP contribution in [0.3, 0.4) is 0 Å². The van der Waals surface area contributed by atoms with Crippen LogP contribution in [0.1, 0.15) is 24.1 Å². The molecular formula is C20H20N2O4. The summed E-state index contributed by atoms with van der Waals surface area (Å²) < 4.78 is 0. The van der Waals surface area contributed by atoms with Gasteiger partial charge >= 0.3 is 11.9 Å². The fourth-order valence-electron chi connectivity index (χ4n) is 2.37. The summed E-state index contributed by atoms with van der Waals surface area (Å²) >= 11 is 0. The SMILES string of the molecule is O=C(O)[C@H](CC#Cc1ccccn1)N[C@@H](CCc1ccccc1)C(=O)O. The van der Waals surface area contributed by atoms with Crippen LogP contribution in [-0.4, -0.2) is 39.2 Å². The van der Waals surface area contributed by atoms with Gasteiger partial charge in [-0.3, -0.25) is 14.9 Å². The molecule has 0 amide bonds. The summed E-state index contributed by atoms with van der Waals surface area (Å²) in [4.78, 5) is 26.9. The lowest BCUT2D eigenvalue weighted by atomic mass is 10.0. The lowest BCUT2D eigenvalue weighted by molar-refractivity contribution is -0.142. The van der Waals surface area contributed by atoms with Crippen LogP contribution in [0.4, 0.5) is 0 Å². The number of hydrogen-bond acceptors (Lipinski definition) is 4. The Morgan fingerprint density at radius 2 is 1.69 bits per heavy atom. The third-order valence-electron chi connectivity index (χ3n) is 3.75. The van der Waals surface area contributed by atoms with Gasteiger partial charge < -0.3 is 10.2 Å². The van der Waals surface area contributed by atoms with Gasteiger partial charge in [0.05, 0.1) is 0 Å². The average molecular weight is 352 g/mol. The highest BCUT2D eigenvalue weighted by Crippen LogP contribution is 2.07. The molecule has 1 aromatic carbocycles. The van der Waals surface area contributed by atoms with Crippen LogP contribution in [0.15, 0.2) is 54.7 Å². The number of aryl methyl sites for hydroxylation is 1. The molecule has 0 aliphatic heterocycles. The molecular weight excluding hydrogens is 332 g/mol. The summed E-state index contributed by atoms with van der Waals surface area (Å²) in [5.41, 5.74) is 1.54. The second-order valence-electron chi connectivity index (χ2n) is 5.69. The van der Waals surface area contributed by atoms with Gasteiger partial charge in [0.15, 0.2) is 0 Å². The zero-order valence-electron chi connectivity index (χ0n) is 14.1. The van der Waals surface area contributed by atoms with Gasteiger partial charge in [0.2, 0.25) is 0 Å². The Morgan fingerprint density at radius 1 is 1.00 bits per heavy atom.